The van der Waals surface area contributed by atoms with E-state index < -0.39 is 0 Å². The van der Waals surface area contributed by atoms with Crippen LogP contribution in [-0.2, 0) is 6.54 Å². The quantitative estimate of drug-likeness (QED) is 0.920. The van der Waals surface area contributed by atoms with E-state index in [-0.39, 0.29) is 18.2 Å². The van der Waals surface area contributed by atoms with E-state index in [0.29, 0.717) is 17.6 Å². The predicted octanol–water partition coefficient (Wildman–Crippen LogP) is 3.47. The first-order chi connectivity index (χ1) is 8.66. The van der Waals surface area contributed by atoms with Gasteiger partial charge in [0.05, 0.1) is 0 Å². The summed E-state index contributed by atoms with van der Waals surface area (Å²) in [7, 11) is 2.09. The summed E-state index contributed by atoms with van der Waals surface area (Å²) in [6, 6.07) is 5.13. The van der Waals surface area contributed by atoms with E-state index in [1.54, 1.807) is 6.07 Å². The largest absolute Gasteiger partial charge is 0.317 e. The summed E-state index contributed by atoms with van der Waals surface area (Å²) in [5.41, 5.74) is 0.872. The Morgan fingerprint density at radius 3 is 2.95 bits per heavy atom. The smallest absolute Gasteiger partial charge is 0.123 e. The highest BCUT2D eigenvalue weighted by atomic mass is 35.5. The van der Waals surface area contributed by atoms with E-state index >= 15 is 0 Å². The number of halogens is 3. The maximum Gasteiger partial charge on any atom is 0.123 e. The van der Waals surface area contributed by atoms with Gasteiger partial charge in [0.25, 0.3) is 0 Å². The fraction of sp³-hybridized carbons (Fsp3) is 0.571. The van der Waals surface area contributed by atoms with Crippen LogP contribution < -0.4 is 5.32 Å². The molecule has 1 aliphatic rings. The summed E-state index contributed by atoms with van der Waals surface area (Å²) >= 11 is 6.11. The van der Waals surface area contributed by atoms with Crippen molar-refractivity contribution >= 4 is 24.0 Å². The Labute approximate surface area is 125 Å². The molecule has 19 heavy (non-hydrogen) atoms. The monoisotopic (exact) mass is 306 g/mol. The zero-order valence-electron chi connectivity index (χ0n) is 11.2. The number of benzene rings is 1. The molecule has 0 bridgehead atoms. The van der Waals surface area contributed by atoms with Crippen molar-refractivity contribution < 1.29 is 4.39 Å². The molecule has 1 unspecified atom stereocenters. The number of hydrogen-bond donors (Lipinski definition) is 1. The molecule has 5 heteroatoms. The minimum Gasteiger partial charge on any atom is -0.317 e. The molecule has 0 amide bonds. The summed E-state index contributed by atoms with van der Waals surface area (Å²) < 4.78 is 13.2. The SMILES string of the molecule is CN(Cc1cc(F)ccc1Cl)C1CCCNCC1.Cl. The molecule has 0 spiro atoms. The van der Waals surface area contributed by atoms with E-state index in [1.807, 2.05) is 0 Å². The first-order valence-corrected chi connectivity index (χ1v) is 6.89. The molecule has 1 heterocycles. The van der Waals surface area contributed by atoms with E-state index in [0.717, 1.165) is 25.1 Å². The lowest BCUT2D eigenvalue weighted by molar-refractivity contribution is 0.216. The fourth-order valence-electron chi connectivity index (χ4n) is 2.50. The van der Waals surface area contributed by atoms with Gasteiger partial charge >= 0.3 is 0 Å². The zero-order chi connectivity index (χ0) is 13.0. The van der Waals surface area contributed by atoms with Crippen LogP contribution in [0.4, 0.5) is 4.39 Å². The van der Waals surface area contributed by atoms with Gasteiger partial charge in [-0.05, 0) is 63.2 Å². The third-order valence-electron chi connectivity index (χ3n) is 3.60. The van der Waals surface area contributed by atoms with Gasteiger partial charge < -0.3 is 5.32 Å². The lowest BCUT2D eigenvalue weighted by Gasteiger charge is -2.27. The second-order valence-electron chi connectivity index (χ2n) is 4.99. The van der Waals surface area contributed by atoms with Gasteiger partial charge in [-0.25, -0.2) is 4.39 Å². The number of nitrogens with zero attached hydrogens (tertiary/aromatic N) is 1. The van der Waals surface area contributed by atoms with Gasteiger partial charge in [-0.2, -0.15) is 0 Å². The summed E-state index contributed by atoms with van der Waals surface area (Å²) in [5.74, 6) is -0.217. The Morgan fingerprint density at radius 2 is 2.16 bits per heavy atom. The molecule has 0 radical (unpaired) electrons. The molecule has 2 nitrogen and oxygen atoms in total. The van der Waals surface area contributed by atoms with Crippen molar-refractivity contribution in [3.63, 3.8) is 0 Å². The minimum absolute atomic E-state index is 0. The second kappa shape index (κ2) is 8.05. The van der Waals surface area contributed by atoms with Crippen molar-refractivity contribution in [1.29, 1.82) is 0 Å². The molecular formula is C14H21Cl2FN2. The lowest BCUT2D eigenvalue weighted by Crippen LogP contribution is -2.32. The Bertz CT molecular complexity index is 393. The van der Waals surface area contributed by atoms with Crippen molar-refractivity contribution in [1.82, 2.24) is 10.2 Å². The van der Waals surface area contributed by atoms with Gasteiger partial charge in [-0.15, -0.1) is 12.4 Å². The van der Waals surface area contributed by atoms with Crippen LogP contribution in [0.3, 0.4) is 0 Å². The third kappa shape index (κ3) is 4.92. The van der Waals surface area contributed by atoms with E-state index in [2.05, 4.69) is 17.3 Å². The summed E-state index contributed by atoms with van der Waals surface area (Å²) in [5, 5.41) is 4.05. The molecule has 1 saturated heterocycles. The Hall–Kier alpha value is -0.350. The van der Waals surface area contributed by atoms with Crippen molar-refractivity contribution in [2.24, 2.45) is 0 Å². The van der Waals surface area contributed by atoms with Crippen molar-refractivity contribution in [3.05, 3.63) is 34.6 Å². The first kappa shape index (κ1) is 16.7. The molecule has 1 aromatic carbocycles. The zero-order valence-corrected chi connectivity index (χ0v) is 12.7. The van der Waals surface area contributed by atoms with Crippen LogP contribution in [0.25, 0.3) is 0 Å². The molecule has 0 saturated carbocycles. The van der Waals surface area contributed by atoms with Crippen LogP contribution in [0.15, 0.2) is 18.2 Å². The van der Waals surface area contributed by atoms with Crippen LogP contribution in [0.1, 0.15) is 24.8 Å². The maximum absolute atomic E-state index is 13.2. The van der Waals surface area contributed by atoms with Gasteiger partial charge in [0, 0.05) is 17.6 Å². The van der Waals surface area contributed by atoms with Gasteiger partial charge in [-0.3, -0.25) is 4.90 Å². The molecular weight excluding hydrogens is 286 g/mol. The average Bonchev–Trinajstić information content (AvgIpc) is 2.62. The molecule has 0 aliphatic carbocycles. The Kier molecular flexibility index (Phi) is 7.08. The van der Waals surface area contributed by atoms with Crippen LogP contribution in [0, 0.1) is 5.82 Å². The lowest BCUT2D eigenvalue weighted by atomic mass is 10.1. The summed E-state index contributed by atoms with van der Waals surface area (Å²) in [6.07, 6.45) is 3.53. The van der Waals surface area contributed by atoms with Gasteiger partial charge in [0.1, 0.15) is 5.82 Å². The van der Waals surface area contributed by atoms with Crippen molar-refractivity contribution in [2.45, 2.75) is 31.8 Å². The summed E-state index contributed by atoms with van der Waals surface area (Å²) in [6.45, 7) is 2.87. The maximum atomic E-state index is 13.2. The standard InChI is InChI=1S/C14H20ClFN2.ClH/c1-18(13-3-2-7-17-8-6-13)10-11-9-12(16)4-5-14(11)15;/h4-5,9,13,17H,2-3,6-8,10H2,1H3;1H. The number of hydrogen-bond acceptors (Lipinski definition) is 2. The normalized spacial score (nSPS) is 19.9. The number of nitrogens with one attached hydrogen (secondary N) is 1. The average molecular weight is 307 g/mol. The van der Waals surface area contributed by atoms with E-state index in [4.69, 9.17) is 11.6 Å². The Balaban J connectivity index is 0.00000180. The topological polar surface area (TPSA) is 15.3 Å². The van der Waals surface area contributed by atoms with Crippen molar-refractivity contribution in [2.75, 3.05) is 20.1 Å². The minimum atomic E-state index is -0.217. The van der Waals surface area contributed by atoms with Gasteiger partial charge in [-0.1, -0.05) is 11.6 Å². The molecule has 1 aromatic rings. The molecule has 108 valence electrons. The molecule has 1 atom stereocenters. The van der Waals surface area contributed by atoms with Crippen molar-refractivity contribution in [3.8, 4) is 0 Å². The van der Waals surface area contributed by atoms with Crippen LogP contribution in [0.2, 0.25) is 5.02 Å². The van der Waals surface area contributed by atoms with Gasteiger partial charge in [0.15, 0.2) is 0 Å². The predicted molar refractivity (Wildman–Crippen MR) is 80.6 cm³/mol. The number of rotatable bonds is 3. The third-order valence-corrected chi connectivity index (χ3v) is 3.96. The highest BCUT2D eigenvalue weighted by Gasteiger charge is 2.17. The fourth-order valence-corrected chi connectivity index (χ4v) is 2.68. The second-order valence-corrected chi connectivity index (χ2v) is 5.39. The highest BCUT2D eigenvalue weighted by Crippen LogP contribution is 2.21. The molecule has 0 aromatic heterocycles. The van der Waals surface area contributed by atoms with Crippen LogP contribution >= 0.6 is 24.0 Å². The van der Waals surface area contributed by atoms with E-state index in [9.17, 15) is 4.39 Å². The van der Waals surface area contributed by atoms with Gasteiger partial charge in [0.2, 0.25) is 0 Å². The van der Waals surface area contributed by atoms with Crippen LogP contribution in [-0.4, -0.2) is 31.1 Å². The molecule has 1 aliphatic heterocycles. The highest BCUT2D eigenvalue weighted by molar-refractivity contribution is 6.31. The Morgan fingerprint density at radius 1 is 1.37 bits per heavy atom. The van der Waals surface area contributed by atoms with E-state index in [1.165, 1.54) is 25.0 Å². The van der Waals surface area contributed by atoms with Crippen LogP contribution in [0.5, 0.6) is 0 Å². The first-order valence-electron chi connectivity index (χ1n) is 6.51. The molecule has 1 N–H and O–H groups in total. The summed E-state index contributed by atoms with van der Waals surface area (Å²) in [4.78, 5) is 2.29. The molecule has 2 rings (SSSR count). The molecule has 1 fully saturated rings.